The number of aliphatic carboxylic acids is 1. The highest BCUT2D eigenvalue weighted by molar-refractivity contribution is 5.91. The van der Waals surface area contributed by atoms with E-state index in [-0.39, 0.29) is 6.42 Å². The van der Waals surface area contributed by atoms with Crippen LogP contribution in [-0.2, 0) is 4.79 Å². The molecule has 0 aromatic carbocycles. The Balaban J connectivity index is 2.66. The molecular weight excluding hydrogens is 199 g/mol. The van der Waals surface area contributed by atoms with Crippen molar-refractivity contribution in [3.8, 4) is 6.07 Å². The largest absolute Gasteiger partial charge is 0.477 e. The Labute approximate surface area is 77.4 Å². The number of carboxylic acids is 1. The molecule has 1 aliphatic rings. The van der Waals surface area contributed by atoms with Crippen molar-refractivity contribution in [2.75, 3.05) is 0 Å². The van der Waals surface area contributed by atoms with Gasteiger partial charge in [0.1, 0.15) is 11.6 Å². The highest BCUT2D eigenvalue weighted by atomic mass is 19.4. The zero-order chi connectivity index (χ0) is 10.9. The zero-order valence-corrected chi connectivity index (χ0v) is 6.88. The third kappa shape index (κ3) is 2.25. The first-order valence-corrected chi connectivity index (χ1v) is 3.78. The molecule has 0 aromatic rings. The van der Waals surface area contributed by atoms with Crippen LogP contribution < -0.4 is 0 Å². The maximum atomic E-state index is 12.0. The van der Waals surface area contributed by atoms with E-state index in [1.165, 1.54) is 6.07 Å². The van der Waals surface area contributed by atoms with Gasteiger partial charge in [0.05, 0.1) is 5.92 Å². The Kier molecular flexibility index (Phi) is 2.51. The fourth-order valence-corrected chi connectivity index (χ4v) is 1.15. The topological polar surface area (TPSA) is 61.1 Å². The average molecular weight is 205 g/mol. The predicted molar refractivity (Wildman–Crippen MR) is 39.0 cm³/mol. The lowest BCUT2D eigenvalue weighted by atomic mass is 10.2. The quantitative estimate of drug-likeness (QED) is 0.551. The van der Waals surface area contributed by atoms with Crippen molar-refractivity contribution in [3.05, 3.63) is 11.6 Å². The lowest BCUT2D eigenvalue weighted by molar-refractivity contribution is -0.149. The van der Waals surface area contributed by atoms with Gasteiger partial charge in [0, 0.05) is 0 Å². The molecule has 0 bridgehead atoms. The number of carboxylic acid groups (broad SMARTS) is 1. The van der Waals surface area contributed by atoms with Crippen LogP contribution in [-0.4, -0.2) is 17.3 Å². The molecule has 1 saturated carbocycles. The Morgan fingerprint density at radius 1 is 1.57 bits per heavy atom. The summed E-state index contributed by atoms with van der Waals surface area (Å²) in [5, 5.41) is 16.6. The molecule has 14 heavy (non-hydrogen) atoms. The minimum atomic E-state index is -4.29. The Morgan fingerprint density at radius 3 is 2.43 bits per heavy atom. The molecule has 0 saturated heterocycles. The maximum absolute atomic E-state index is 12.0. The van der Waals surface area contributed by atoms with Crippen molar-refractivity contribution in [2.45, 2.75) is 12.6 Å². The van der Waals surface area contributed by atoms with Crippen molar-refractivity contribution in [2.24, 2.45) is 11.8 Å². The van der Waals surface area contributed by atoms with Crippen LogP contribution in [0.3, 0.4) is 0 Å². The summed E-state index contributed by atoms with van der Waals surface area (Å²) in [5.74, 6) is -3.81. The van der Waals surface area contributed by atoms with Crippen molar-refractivity contribution < 1.29 is 23.1 Å². The van der Waals surface area contributed by atoms with Crippen LogP contribution in [0.4, 0.5) is 13.2 Å². The van der Waals surface area contributed by atoms with Gasteiger partial charge in [0.25, 0.3) is 0 Å². The molecule has 1 aliphatic carbocycles. The molecule has 3 nitrogen and oxygen atoms in total. The molecule has 6 heteroatoms. The van der Waals surface area contributed by atoms with Gasteiger partial charge in [-0.25, -0.2) is 4.79 Å². The first kappa shape index (κ1) is 10.6. The zero-order valence-electron chi connectivity index (χ0n) is 6.88. The summed E-state index contributed by atoms with van der Waals surface area (Å²) in [4.78, 5) is 10.3. The number of halogens is 3. The van der Waals surface area contributed by atoms with Crippen LogP contribution in [0.15, 0.2) is 11.6 Å². The second-order valence-corrected chi connectivity index (χ2v) is 3.04. The molecule has 2 unspecified atom stereocenters. The molecule has 0 aliphatic heterocycles. The van der Waals surface area contributed by atoms with Crippen LogP contribution >= 0.6 is 0 Å². The van der Waals surface area contributed by atoms with Gasteiger partial charge >= 0.3 is 12.1 Å². The number of hydrogen-bond donors (Lipinski definition) is 1. The Morgan fingerprint density at radius 2 is 2.14 bits per heavy atom. The summed E-state index contributed by atoms with van der Waals surface area (Å²) in [5.41, 5.74) is -0.623. The molecule has 0 radical (unpaired) electrons. The van der Waals surface area contributed by atoms with Crippen molar-refractivity contribution in [3.63, 3.8) is 0 Å². The van der Waals surface area contributed by atoms with Gasteiger partial charge in [0.15, 0.2) is 0 Å². The molecule has 0 heterocycles. The molecule has 1 fully saturated rings. The summed E-state index contributed by atoms with van der Waals surface area (Å²) in [6.07, 6.45) is -3.54. The summed E-state index contributed by atoms with van der Waals surface area (Å²) in [7, 11) is 0. The number of nitriles is 1. The van der Waals surface area contributed by atoms with Gasteiger partial charge in [-0.15, -0.1) is 0 Å². The lowest BCUT2D eigenvalue weighted by Crippen LogP contribution is -2.11. The van der Waals surface area contributed by atoms with Gasteiger partial charge in [0.2, 0.25) is 0 Å². The van der Waals surface area contributed by atoms with E-state index >= 15 is 0 Å². The van der Waals surface area contributed by atoms with Crippen molar-refractivity contribution in [1.29, 1.82) is 5.26 Å². The second-order valence-electron chi connectivity index (χ2n) is 3.04. The third-order valence-electron chi connectivity index (χ3n) is 1.99. The number of rotatable bonds is 2. The SMILES string of the molecule is N#C/C(=C\C1CC1C(F)(F)F)C(=O)O. The monoisotopic (exact) mass is 205 g/mol. The highest BCUT2D eigenvalue weighted by Crippen LogP contribution is 2.51. The molecular formula is C8H6F3NO2. The molecule has 0 amide bonds. The Hall–Kier alpha value is -1.51. The van der Waals surface area contributed by atoms with Gasteiger partial charge in [-0.05, 0) is 12.3 Å². The fourth-order valence-electron chi connectivity index (χ4n) is 1.15. The lowest BCUT2D eigenvalue weighted by Gasteiger charge is -2.02. The van der Waals surface area contributed by atoms with E-state index in [1.807, 2.05) is 0 Å². The van der Waals surface area contributed by atoms with Gasteiger partial charge in [-0.1, -0.05) is 6.08 Å². The van der Waals surface area contributed by atoms with Crippen LogP contribution in [0.2, 0.25) is 0 Å². The number of allylic oxidation sites excluding steroid dienone is 1. The molecule has 2 atom stereocenters. The summed E-state index contributed by atoms with van der Waals surface area (Å²) in [6, 6.07) is 1.34. The average Bonchev–Trinajstić information content (AvgIpc) is 2.77. The number of nitrogens with zero attached hydrogens (tertiary/aromatic N) is 1. The van der Waals surface area contributed by atoms with E-state index in [0.29, 0.717) is 0 Å². The minimum absolute atomic E-state index is 0.123. The molecule has 0 spiro atoms. The molecule has 1 rings (SSSR count). The van der Waals surface area contributed by atoms with Crippen LogP contribution in [0.1, 0.15) is 6.42 Å². The van der Waals surface area contributed by atoms with Crippen LogP contribution in [0, 0.1) is 23.2 Å². The first-order valence-electron chi connectivity index (χ1n) is 3.78. The number of hydrogen-bond acceptors (Lipinski definition) is 2. The highest BCUT2D eigenvalue weighted by Gasteiger charge is 2.54. The summed E-state index contributed by atoms with van der Waals surface area (Å²) < 4.78 is 36.0. The number of carbonyl (C=O) groups is 1. The van der Waals surface area contributed by atoms with E-state index in [0.717, 1.165) is 6.08 Å². The van der Waals surface area contributed by atoms with Gasteiger partial charge < -0.3 is 5.11 Å². The molecule has 0 aromatic heterocycles. The molecule has 1 N–H and O–H groups in total. The standard InChI is InChI=1S/C8H6F3NO2/c9-8(10,11)6-2-4(6)1-5(3-12)7(13)14/h1,4,6H,2H2,(H,13,14)/b5-1+. The summed E-state index contributed by atoms with van der Waals surface area (Å²) in [6.45, 7) is 0. The van der Waals surface area contributed by atoms with E-state index in [9.17, 15) is 18.0 Å². The second kappa shape index (κ2) is 3.33. The Bertz CT molecular complexity index is 326. The van der Waals surface area contributed by atoms with Gasteiger partial charge in [-0.2, -0.15) is 18.4 Å². The van der Waals surface area contributed by atoms with Crippen molar-refractivity contribution >= 4 is 5.97 Å². The molecule has 76 valence electrons. The van der Waals surface area contributed by atoms with Gasteiger partial charge in [-0.3, -0.25) is 0 Å². The van der Waals surface area contributed by atoms with Crippen LogP contribution in [0.25, 0.3) is 0 Å². The van der Waals surface area contributed by atoms with Crippen LogP contribution in [0.5, 0.6) is 0 Å². The van der Waals surface area contributed by atoms with E-state index in [4.69, 9.17) is 10.4 Å². The third-order valence-corrected chi connectivity index (χ3v) is 1.99. The summed E-state index contributed by atoms with van der Waals surface area (Å²) >= 11 is 0. The smallest absolute Gasteiger partial charge is 0.392 e. The first-order chi connectivity index (χ1) is 6.36. The van der Waals surface area contributed by atoms with Crippen molar-refractivity contribution in [1.82, 2.24) is 0 Å². The van der Waals surface area contributed by atoms with E-state index < -0.39 is 29.6 Å². The maximum Gasteiger partial charge on any atom is 0.392 e. The van der Waals surface area contributed by atoms with E-state index in [1.54, 1.807) is 0 Å². The number of alkyl halides is 3. The van der Waals surface area contributed by atoms with E-state index in [2.05, 4.69) is 0 Å². The normalized spacial score (nSPS) is 26.9. The fraction of sp³-hybridized carbons (Fsp3) is 0.500. The predicted octanol–water partition coefficient (Wildman–Crippen LogP) is 1.72. The minimum Gasteiger partial charge on any atom is -0.477 e.